The molecule has 2 aromatic rings. The van der Waals surface area contributed by atoms with Crippen LogP contribution in [0.2, 0.25) is 0 Å². The van der Waals surface area contributed by atoms with Crippen molar-refractivity contribution in [3.8, 4) is 5.75 Å². The first kappa shape index (κ1) is 36.7. The van der Waals surface area contributed by atoms with Gasteiger partial charge in [-0.1, -0.05) is 44.2 Å². The molecule has 2 heterocycles. The van der Waals surface area contributed by atoms with E-state index in [1.165, 1.54) is 0 Å². The Morgan fingerprint density at radius 2 is 1.77 bits per heavy atom. The van der Waals surface area contributed by atoms with Gasteiger partial charge in [0.2, 0.25) is 10.8 Å². The predicted molar refractivity (Wildman–Crippen MR) is 181 cm³/mol. The van der Waals surface area contributed by atoms with Gasteiger partial charge in [-0.15, -0.1) is 0 Å². The maximum Gasteiger partial charge on any atom is 0.251 e. The van der Waals surface area contributed by atoms with Crippen molar-refractivity contribution in [3.05, 3.63) is 65.2 Å². The molecule has 0 radical (unpaired) electrons. The monoisotopic (exact) mass is 664 g/mol. The third kappa shape index (κ3) is 9.70. The van der Waals surface area contributed by atoms with Gasteiger partial charge in [0.25, 0.3) is 5.91 Å². The average Bonchev–Trinajstić information content (AvgIpc) is 3.07. The molecule has 13 nitrogen and oxygen atoms in total. The van der Waals surface area contributed by atoms with Gasteiger partial charge in [-0.05, 0) is 56.9 Å². The molecule has 48 heavy (non-hydrogen) atoms. The third-order valence-electron chi connectivity index (χ3n) is 8.88. The van der Waals surface area contributed by atoms with Crippen LogP contribution in [0.15, 0.2) is 58.6 Å². The van der Waals surface area contributed by atoms with E-state index in [0.717, 1.165) is 16.9 Å². The maximum atomic E-state index is 13.7. The molecule has 4 N–H and O–H groups in total. The highest BCUT2D eigenvalue weighted by molar-refractivity contribution is 6.00. The van der Waals surface area contributed by atoms with Crippen molar-refractivity contribution in [2.75, 3.05) is 46.2 Å². The number of ether oxygens (including phenoxy) is 4. The van der Waals surface area contributed by atoms with Gasteiger partial charge in [0.05, 0.1) is 57.1 Å². The van der Waals surface area contributed by atoms with Crippen LogP contribution in [0.5, 0.6) is 5.75 Å². The van der Waals surface area contributed by atoms with E-state index in [0.29, 0.717) is 77.4 Å². The quantitative estimate of drug-likeness (QED) is 0.116. The number of aliphatic imine (C=N–C) groups is 1. The van der Waals surface area contributed by atoms with Gasteiger partial charge in [0, 0.05) is 24.2 Å². The molecular formula is C35H50N7O6+. The van der Waals surface area contributed by atoms with Crippen LogP contribution < -0.4 is 20.7 Å². The number of nitrogens with zero attached hydrogens (tertiary/aromatic N) is 4. The molecule has 0 aromatic heterocycles. The zero-order chi connectivity index (χ0) is 34.6. The van der Waals surface area contributed by atoms with Gasteiger partial charge >= 0.3 is 0 Å². The number of hydrogen-bond donors (Lipinski definition) is 3. The Balaban J connectivity index is 1.46. The second-order valence-corrected chi connectivity index (χ2v) is 12.7. The molecule has 260 valence electrons. The van der Waals surface area contributed by atoms with E-state index in [4.69, 9.17) is 35.2 Å². The molecule has 2 aliphatic rings. The summed E-state index contributed by atoms with van der Waals surface area (Å²) >= 11 is 0. The highest BCUT2D eigenvalue weighted by Crippen LogP contribution is 2.39. The number of benzene rings is 2. The number of amides is 2. The predicted octanol–water partition coefficient (Wildman–Crippen LogP) is 4.86. The smallest absolute Gasteiger partial charge is 0.251 e. The number of nitrogens with one attached hydrogen (secondary N) is 2. The fraction of sp³-hybridized carbons (Fsp3) is 0.571. The summed E-state index contributed by atoms with van der Waals surface area (Å²) in [5.74, 6) is 0.640. The van der Waals surface area contributed by atoms with Gasteiger partial charge in [0.15, 0.2) is 5.96 Å². The normalized spacial score (nSPS) is 18.6. The summed E-state index contributed by atoms with van der Waals surface area (Å²) in [4.78, 5) is 36.7. The van der Waals surface area contributed by atoms with Crippen LogP contribution in [0.1, 0.15) is 93.4 Å². The van der Waals surface area contributed by atoms with Crippen molar-refractivity contribution in [1.82, 2.24) is 15.1 Å². The van der Waals surface area contributed by atoms with Gasteiger partial charge < -0.3 is 30.0 Å². The fourth-order valence-electron chi connectivity index (χ4n) is 6.22. The Bertz CT molecular complexity index is 1470. The number of para-hydroxylation sites is 1. The molecular weight excluding hydrogens is 614 g/mol. The Hall–Kier alpha value is -4.16. The highest BCUT2D eigenvalue weighted by atomic mass is 16.5. The first-order valence-electron chi connectivity index (χ1n) is 16.7. The summed E-state index contributed by atoms with van der Waals surface area (Å²) in [6.45, 7) is 10.7. The van der Waals surface area contributed by atoms with Crippen molar-refractivity contribution in [2.45, 2.75) is 83.0 Å². The van der Waals surface area contributed by atoms with Gasteiger partial charge in [-0.2, -0.15) is 0 Å². The number of rotatable bonds is 18. The first-order valence-corrected chi connectivity index (χ1v) is 16.7. The molecule has 0 bridgehead atoms. The van der Waals surface area contributed by atoms with Gasteiger partial charge in [-0.3, -0.25) is 14.5 Å². The number of carbonyl (C=O) groups excluding carboxylic acids is 2. The second-order valence-electron chi connectivity index (χ2n) is 12.7. The summed E-state index contributed by atoms with van der Waals surface area (Å²) < 4.78 is 23.0. The number of guanidine groups is 1. The van der Waals surface area contributed by atoms with Gasteiger partial charge in [-0.25, -0.2) is 4.99 Å². The molecule has 13 heteroatoms. The van der Waals surface area contributed by atoms with Crippen LogP contribution in [0.3, 0.4) is 0 Å². The Morgan fingerprint density at radius 1 is 1.08 bits per heavy atom. The van der Waals surface area contributed by atoms with Crippen LogP contribution in [-0.4, -0.2) is 80.0 Å². The molecule has 2 atom stereocenters. The Morgan fingerprint density at radius 3 is 2.46 bits per heavy atom. The minimum absolute atomic E-state index is 0.0976. The molecule has 0 saturated heterocycles. The van der Waals surface area contributed by atoms with Crippen molar-refractivity contribution in [3.63, 3.8) is 0 Å². The van der Waals surface area contributed by atoms with E-state index in [1.54, 1.807) is 11.0 Å². The van der Waals surface area contributed by atoms with Crippen molar-refractivity contribution in [2.24, 2.45) is 15.8 Å². The summed E-state index contributed by atoms with van der Waals surface area (Å²) in [7, 11) is 0. The summed E-state index contributed by atoms with van der Waals surface area (Å²) in [5.41, 5.74) is 14.4. The van der Waals surface area contributed by atoms with E-state index < -0.39 is 17.2 Å². The molecule has 2 aliphatic heterocycles. The minimum Gasteiger partial charge on any atom is -0.487 e. The van der Waals surface area contributed by atoms with Crippen LogP contribution in [0.25, 0.3) is 0 Å². The summed E-state index contributed by atoms with van der Waals surface area (Å²) in [6.07, 6.45) is 2.74. The number of hydrogen-bond acceptors (Lipinski definition) is 10. The van der Waals surface area contributed by atoms with Gasteiger partial charge in [0.1, 0.15) is 28.5 Å². The topological polar surface area (TPSA) is 175 Å². The maximum absolute atomic E-state index is 13.7. The molecule has 2 aromatic carbocycles. The lowest BCUT2D eigenvalue weighted by Gasteiger charge is -2.40. The lowest BCUT2D eigenvalue weighted by atomic mass is 9.87. The summed E-state index contributed by atoms with van der Waals surface area (Å²) in [5, 5.41) is 6.74. The van der Waals surface area contributed by atoms with Crippen LogP contribution in [0, 0.1) is 5.53 Å². The number of nitrogens with two attached hydrogens (primary N) is 1. The van der Waals surface area contributed by atoms with E-state index in [1.807, 2.05) is 70.2 Å². The molecule has 0 spiro atoms. The summed E-state index contributed by atoms with van der Waals surface area (Å²) in [6, 6.07) is 14.4. The Kier molecular flexibility index (Phi) is 13.2. The molecule has 4 rings (SSSR count). The fourth-order valence-corrected chi connectivity index (χ4v) is 6.22. The molecule has 0 unspecified atom stereocenters. The van der Waals surface area contributed by atoms with Crippen molar-refractivity contribution >= 4 is 17.8 Å². The standard InChI is InChI=1S/C35H49N7O6/c1-5-35(6-2)24-31(43)42(33(36)40-35)29(14-16-45-18-20-47-21-19-46-17-15-38-41-37)25-10-9-11-26(22-25)32(44)39-28-23-34(3,4)48-30-13-8-7-12-27(28)30/h7-13,22,28-29,37H,5-6,14-21,23-24H2,1-4H3,(H2-,36,39,40,44)/p+1/t28-,29+/m0/s1. The van der Waals surface area contributed by atoms with E-state index in [-0.39, 0.29) is 30.2 Å². The molecule has 0 saturated carbocycles. The zero-order valence-corrected chi connectivity index (χ0v) is 28.6. The van der Waals surface area contributed by atoms with E-state index in [9.17, 15) is 9.59 Å². The highest BCUT2D eigenvalue weighted by Gasteiger charge is 2.40. The zero-order valence-electron chi connectivity index (χ0n) is 28.6. The molecule has 2 amide bonds. The second kappa shape index (κ2) is 17.3. The molecule has 0 aliphatic carbocycles. The molecule has 0 fully saturated rings. The first-order chi connectivity index (χ1) is 23.1. The third-order valence-corrected chi connectivity index (χ3v) is 8.88. The van der Waals surface area contributed by atoms with Crippen molar-refractivity contribution in [1.29, 1.82) is 5.53 Å². The lowest BCUT2D eigenvalue weighted by molar-refractivity contribution is -0.132. The van der Waals surface area contributed by atoms with E-state index in [2.05, 4.69) is 15.3 Å². The minimum atomic E-state index is -0.513. The van der Waals surface area contributed by atoms with Crippen LogP contribution in [-0.2, 0) is 19.0 Å². The Labute approximate surface area is 282 Å². The largest absolute Gasteiger partial charge is 0.487 e. The van der Waals surface area contributed by atoms with Crippen LogP contribution >= 0.6 is 0 Å². The number of fused-ring (bicyclic) bond motifs is 1. The number of carbonyl (C=O) groups is 2. The lowest BCUT2D eigenvalue weighted by Crippen LogP contribution is -2.52. The van der Waals surface area contributed by atoms with E-state index >= 15 is 0 Å². The van der Waals surface area contributed by atoms with Crippen LogP contribution in [0.4, 0.5) is 0 Å². The average molecular weight is 665 g/mol. The SMILES string of the molecule is CCC1(CC)CC(=O)N([C@H](CCOCCOCCOCCN=[N+]=N)c2cccc(C(=O)N[C@H]3CC(C)(C)Oc4ccccc43)c2)C(N)=N1. The van der Waals surface area contributed by atoms with Crippen molar-refractivity contribution < 1.29 is 28.5 Å².